The monoisotopic (exact) mass is 285 g/mol. The number of esters is 1. The molecule has 0 aliphatic heterocycles. The fraction of sp³-hybridized carbons (Fsp3) is 0.312. The van der Waals surface area contributed by atoms with Crippen molar-refractivity contribution in [2.75, 3.05) is 20.7 Å². The molecular weight excluding hydrogens is 266 g/mol. The van der Waals surface area contributed by atoms with Crippen molar-refractivity contribution >= 4 is 5.97 Å². The fourth-order valence-electron chi connectivity index (χ4n) is 1.98. The summed E-state index contributed by atoms with van der Waals surface area (Å²) in [6.45, 7) is 1.68. The minimum Gasteiger partial charge on any atom is -0.465 e. The van der Waals surface area contributed by atoms with E-state index < -0.39 is 0 Å². The number of methoxy groups -OCH3 is 1. The van der Waals surface area contributed by atoms with Gasteiger partial charge in [-0.15, -0.1) is 0 Å². The van der Waals surface area contributed by atoms with Gasteiger partial charge in [-0.25, -0.2) is 4.79 Å². The van der Waals surface area contributed by atoms with Crippen LogP contribution in [0.15, 0.2) is 42.9 Å². The lowest BCUT2D eigenvalue weighted by atomic mass is 10.2. The molecule has 0 spiro atoms. The van der Waals surface area contributed by atoms with E-state index >= 15 is 0 Å². The lowest BCUT2D eigenvalue weighted by molar-refractivity contribution is 0.0600. The van der Waals surface area contributed by atoms with Crippen molar-refractivity contribution in [2.45, 2.75) is 13.0 Å². The molecule has 110 valence electrons. The predicted octanol–water partition coefficient (Wildman–Crippen LogP) is 1.94. The highest BCUT2D eigenvalue weighted by Gasteiger charge is 2.07. The molecule has 0 aliphatic rings. The van der Waals surface area contributed by atoms with Gasteiger partial charge in [0.1, 0.15) is 0 Å². The topological polar surface area (TPSA) is 55.3 Å². The maximum Gasteiger partial charge on any atom is 0.339 e. The van der Waals surface area contributed by atoms with Gasteiger partial charge < -0.3 is 9.64 Å². The van der Waals surface area contributed by atoms with Crippen LogP contribution in [0.4, 0.5) is 0 Å². The Labute approximate surface area is 124 Å². The number of hydrogen-bond donors (Lipinski definition) is 0. The largest absolute Gasteiger partial charge is 0.465 e. The van der Waals surface area contributed by atoms with Gasteiger partial charge in [0.2, 0.25) is 0 Å². The summed E-state index contributed by atoms with van der Waals surface area (Å²) >= 11 is 0. The van der Waals surface area contributed by atoms with Crippen LogP contribution in [0.5, 0.6) is 0 Å². The van der Waals surface area contributed by atoms with Crippen LogP contribution in [-0.2, 0) is 17.7 Å². The van der Waals surface area contributed by atoms with Crippen LogP contribution in [0.2, 0.25) is 0 Å². The van der Waals surface area contributed by atoms with Crippen molar-refractivity contribution in [3.05, 3.63) is 59.7 Å². The lowest BCUT2D eigenvalue weighted by Crippen LogP contribution is -2.21. The molecule has 0 saturated carbocycles. The van der Waals surface area contributed by atoms with Crippen LogP contribution in [0.1, 0.15) is 21.6 Å². The van der Waals surface area contributed by atoms with E-state index in [0.29, 0.717) is 5.56 Å². The number of ether oxygens (including phenoxy) is 1. The van der Waals surface area contributed by atoms with E-state index in [4.69, 9.17) is 0 Å². The van der Waals surface area contributed by atoms with Crippen molar-refractivity contribution in [1.29, 1.82) is 0 Å². The van der Waals surface area contributed by atoms with E-state index in [1.807, 2.05) is 30.6 Å². The molecule has 0 aromatic carbocycles. The normalized spacial score (nSPS) is 10.6. The second kappa shape index (κ2) is 7.50. The molecule has 0 radical (unpaired) electrons. The number of hydrogen-bond acceptors (Lipinski definition) is 5. The average Bonchev–Trinajstić information content (AvgIpc) is 2.54. The first-order valence-electron chi connectivity index (χ1n) is 6.79. The van der Waals surface area contributed by atoms with E-state index in [9.17, 15) is 4.79 Å². The molecule has 0 amide bonds. The molecule has 2 rings (SSSR count). The molecule has 2 aromatic heterocycles. The summed E-state index contributed by atoms with van der Waals surface area (Å²) in [5.74, 6) is -0.361. The maximum absolute atomic E-state index is 11.3. The van der Waals surface area contributed by atoms with Crippen molar-refractivity contribution in [3.63, 3.8) is 0 Å². The molecule has 0 N–H and O–H groups in total. The summed E-state index contributed by atoms with van der Waals surface area (Å²) in [6, 6.07) is 7.65. The van der Waals surface area contributed by atoms with Gasteiger partial charge in [0, 0.05) is 31.7 Å². The van der Waals surface area contributed by atoms with Gasteiger partial charge >= 0.3 is 5.97 Å². The van der Waals surface area contributed by atoms with Gasteiger partial charge in [-0.2, -0.15) is 0 Å². The fourth-order valence-corrected chi connectivity index (χ4v) is 1.98. The van der Waals surface area contributed by atoms with Gasteiger partial charge in [-0.1, -0.05) is 0 Å². The standard InChI is InChI=1S/C16H19N3O2/c1-19(10-7-13-5-8-17-9-6-13)12-15-4-3-14(11-18-15)16(20)21-2/h3-6,8-9,11H,7,10,12H2,1-2H3. The zero-order valence-corrected chi connectivity index (χ0v) is 12.3. The Morgan fingerprint density at radius 1 is 1.24 bits per heavy atom. The van der Waals surface area contributed by atoms with Crippen molar-refractivity contribution in [2.24, 2.45) is 0 Å². The molecule has 0 saturated heterocycles. The van der Waals surface area contributed by atoms with Crippen LogP contribution in [0.25, 0.3) is 0 Å². The number of nitrogens with zero attached hydrogens (tertiary/aromatic N) is 3. The van der Waals surface area contributed by atoms with E-state index in [0.717, 1.165) is 25.2 Å². The van der Waals surface area contributed by atoms with Gasteiger partial charge in [0.15, 0.2) is 0 Å². The quantitative estimate of drug-likeness (QED) is 0.759. The molecule has 2 heterocycles. The summed E-state index contributed by atoms with van der Waals surface area (Å²) in [5, 5.41) is 0. The van der Waals surface area contributed by atoms with E-state index in [1.54, 1.807) is 12.3 Å². The zero-order valence-electron chi connectivity index (χ0n) is 12.3. The molecule has 2 aromatic rings. The molecule has 0 fully saturated rings. The van der Waals surface area contributed by atoms with Crippen LogP contribution in [0, 0.1) is 0 Å². The average molecular weight is 285 g/mol. The Balaban J connectivity index is 1.85. The number of likely N-dealkylation sites (N-methyl/N-ethyl adjacent to an activating group) is 1. The summed E-state index contributed by atoms with van der Waals surface area (Å²) in [4.78, 5) is 21.8. The van der Waals surface area contributed by atoms with Crippen LogP contribution in [-0.4, -0.2) is 41.5 Å². The Kier molecular flexibility index (Phi) is 5.40. The number of carbonyl (C=O) groups excluding carboxylic acids is 1. The molecule has 5 heteroatoms. The molecular formula is C16H19N3O2. The highest BCUT2D eigenvalue weighted by molar-refractivity contribution is 5.88. The van der Waals surface area contributed by atoms with Gasteiger partial charge in [-0.3, -0.25) is 9.97 Å². The maximum atomic E-state index is 11.3. The Hall–Kier alpha value is -2.27. The minimum atomic E-state index is -0.361. The summed E-state index contributed by atoms with van der Waals surface area (Å²) in [5.41, 5.74) is 2.67. The van der Waals surface area contributed by atoms with Crippen LogP contribution in [0.3, 0.4) is 0 Å². The summed E-state index contributed by atoms with van der Waals surface area (Å²) < 4.78 is 4.65. The SMILES string of the molecule is COC(=O)c1ccc(CN(C)CCc2ccncc2)nc1. The highest BCUT2D eigenvalue weighted by Crippen LogP contribution is 2.05. The first-order valence-corrected chi connectivity index (χ1v) is 6.79. The van der Waals surface area contributed by atoms with Crippen molar-refractivity contribution in [3.8, 4) is 0 Å². The Morgan fingerprint density at radius 3 is 2.62 bits per heavy atom. The Bertz CT molecular complexity index is 570. The number of rotatable bonds is 6. The van der Waals surface area contributed by atoms with E-state index in [-0.39, 0.29) is 5.97 Å². The zero-order chi connectivity index (χ0) is 15.1. The third-order valence-electron chi connectivity index (χ3n) is 3.21. The number of pyridine rings is 2. The first-order chi connectivity index (χ1) is 10.2. The predicted molar refractivity (Wildman–Crippen MR) is 79.9 cm³/mol. The molecule has 0 atom stereocenters. The minimum absolute atomic E-state index is 0.361. The second-order valence-corrected chi connectivity index (χ2v) is 4.87. The third-order valence-corrected chi connectivity index (χ3v) is 3.21. The molecule has 0 aliphatic carbocycles. The smallest absolute Gasteiger partial charge is 0.339 e. The van der Waals surface area contributed by atoms with Crippen LogP contribution < -0.4 is 0 Å². The molecule has 0 unspecified atom stereocenters. The number of aromatic nitrogens is 2. The lowest BCUT2D eigenvalue weighted by Gasteiger charge is -2.16. The highest BCUT2D eigenvalue weighted by atomic mass is 16.5. The number of carbonyl (C=O) groups is 1. The van der Waals surface area contributed by atoms with Crippen molar-refractivity contribution in [1.82, 2.24) is 14.9 Å². The molecule has 0 bridgehead atoms. The van der Waals surface area contributed by atoms with E-state index in [2.05, 4.69) is 26.7 Å². The van der Waals surface area contributed by atoms with Gasteiger partial charge in [0.25, 0.3) is 0 Å². The van der Waals surface area contributed by atoms with Crippen LogP contribution >= 0.6 is 0 Å². The second-order valence-electron chi connectivity index (χ2n) is 4.87. The Morgan fingerprint density at radius 2 is 2.00 bits per heavy atom. The van der Waals surface area contributed by atoms with Gasteiger partial charge in [-0.05, 0) is 43.3 Å². The summed E-state index contributed by atoms with van der Waals surface area (Å²) in [7, 11) is 3.42. The van der Waals surface area contributed by atoms with Crippen molar-refractivity contribution < 1.29 is 9.53 Å². The third kappa shape index (κ3) is 4.65. The summed E-state index contributed by atoms with van der Waals surface area (Å²) in [6.07, 6.45) is 6.14. The molecule has 21 heavy (non-hydrogen) atoms. The van der Waals surface area contributed by atoms with E-state index in [1.165, 1.54) is 12.7 Å². The molecule has 5 nitrogen and oxygen atoms in total. The van der Waals surface area contributed by atoms with Gasteiger partial charge in [0.05, 0.1) is 18.4 Å². The first kappa shape index (κ1) is 15.1.